The third-order valence-corrected chi connectivity index (χ3v) is 3.04. The van der Waals surface area contributed by atoms with E-state index in [1.165, 1.54) is 0 Å². The van der Waals surface area contributed by atoms with Gasteiger partial charge in [-0.2, -0.15) is 5.21 Å². The lowest BCUT2D eigenvalue weighted by molar-refractivity contribution is -0.115. The van der Waals surface area contributed by atoms with Crippen LogP contribution in [0.15, 0.2) is 22.7 Å². The van der Waals surface area contributed by atoms with Crippen LogP contribution in [0.1, 0.15) is 11.4 Å². The Kier molecular flexibility index (Phi) is 3.48. The number of hydrogen-bond acceptors (Lipinski definition) is 4. The number of hydrogen-bond donors (Lipinski definition) is 2. The second-order valence-corrected chi connectivity index (χ2v) is 4.37. The van der Waals surface area contributed by atoms with Crippen LogP contribution in [0.2, 0.25) is 0 Å². The third kappa shape index (κ3) is 3.10. The Hall–Kier alpha value is -1.76. The molecule has 1 heterocycles. The van der Waals surface area contributed by atoms with Gasteiger partial charge in [0.2, 0.25) is 5.91 Å². The summed E-state index contributed by atoms with van der Waals surface area (Å²) >= 11 is 3.40. The molecule has 0 aliphatic heterocycles. The summed E-state index contributed by atoms with van der Waals surface area (Å²) in [6, 6.07) is 5.60. The minimum absolute atomic E-state index is 0.103. The molecule has 0 spiro atoms. The molecule has 1 aromatic carbocycles. The van der Waals surface area contributed by atoms with Gasteiger partial charge in [-0.15, -0.1) is 10.2 Å². The van der Waals surface area contributed by atoms with E-state index in [0.717, 1.165) is 15.7 Å². The zero-order valence-corrected chi connectivity index (χ0v) is 10.7. The molecule has 1 amide bonds. The van der Waals surface area contributed by atoms with Gasteiger partial charge in [-0.25, -0.2) is 0 Å². The highest BCUT2D eigenvalue weighted by Crippen LogP contribution is 2.19. The van der Waals surface area contributed by atoms with E-state index in [1.807, 2.05) is 25.1 Å². The van der Waals surface area contributed by atoms with Crippen molar-refractivity contribution in [2.45, 2.75) is 13.3 Å². The molecule has 7 heteroatoms. The van der Waals surface area contributed by atoms with E-state index in [1.54, 1.807) is 0 Å². The lowest BCUT2D eigenvalue weighted by atomic mass is 10.2. The number of aromatic nitrogens is 4. The average Bonchev–Trinajstić information content (AvgIpc) is 2.76. The molecule has 0 unspecified atom stereocenters. The Balaban J connectivity index is 2.00. The van der Waals surface area contributed by atoms with E-state index in [2.05, 4.69) is 41.9 Å². The molecule has 2 rings (SSSR count). The van der Waals surface area contributed by atoms with Gasteiger partial charge in [0.1, 0.15) is 0 Å². The van der Waals surface area contributed by atoms with Gasteiger partial charge in [0.15, 0.2) is 5.82 Å². The normalized spacial score (nSPS) is 10.2. The number of aryl methyl sites for hydroxylation is 1. The number of amides is 1. The maximum Gasteiger partial charge on any atom is 0.232 e. The molecule has 0 aliphatic carbocycles. The Morgan fingerprint density at radius 1 is 1.53 bits per heavy atom. The Morgan fingerprint density at radius 3 is 3.00 bits per heavy atom. The minimum atomic E-state index is -0.173. The maximum atomic E-state index is 11.6. The van der Waals surface area contributed by atoms with Gasteiger partial charge >= 0.3 is 0 Å². The molecule has 88 valence electrons. The SMILES string of the molecule is Cc1cc(NC(=O)Cc2nn[nH]n2)ccc1Br. The molecule has 0 aliphatic rings. The Labute approximate surface area is 106 Å². The van der Waals surface area contributed by atoms with E-state index < -0.39 is 0 Å². The number of rotatable bonds is 3. The molecule has 0 radical (unpaired) electrons. The predicted molar refractivity (Wildman–Crippen MR) is 65.4 cm³/mol. The average molecular weight is 296 g/mol. The number of halogens is 1. The number of aromatic amines is 1. The highest BCUT2D eigenvalue weighted by Gasteiger charge is 2.07. The van der Waals surface area contributed by atoms with Crippen molar-refractivity contribution in [2.24, 2.45) is 0 Å². The summed E-state index contributed by atoms with van der Waals surface area (Å²) in [5, 5.41) is 15.9. The quantitative estimate of drug-likeness (QED) is 0.898. The van der Waals surface area contributed by atoms with Gasteiger partial charge in [0.25, 0.3) is 0 Å². The molecule has 6 nitrogen and oxygen atoms in total. The van der Waals surface area contributed by atoms with Crippen LogP contribution in [0.25, 0.3) is 0 Å². The van der Waals surface area contributed by atoms with E-state index in [-0.39, 0.29) is 12.3 Å². The lowest BCUT2D eigenvalue weighted by Crippen LogP contribution is -2.15. The largest absolute Gasteiger partial charge is 0.326 e. The second kappa shape index (κ2) is 5.05. The molecule has 0 fully saturated rings. The van der Waals surface area contributed by atoms with E-state index in [0.29, 0.717) is 5.82 Å². The predicted octanol–water partition coefficient (Wildman–Crippen LogP) is 1.45. The standard InChI is InChI=1S/C10H10BrN5O/c1-6-4-7(2-3-8(6)11)12-10(17)5-9-13-15-16-14-9/h2-4H,5H2,1H3,(H,12,17)(H,13,14,15,16). The van der Waals surface area contributed by atoms with Gasteiger partial charge in [0, 0.05) is 10.2 Å². The number of carbonyl (C=O) groups excluding carboxylic acids is 1. The molecule has 0 bridgehead atoms. The van der Waals surface area contributed by atoms with E-state index in [9.17, 15) is 4.79 Å². The zero-order valence-electron chi connectivity index (χ0n) is 9.07. The van der Waals surface area contributed by atoms with Crippen molar-refractivity contribution in [1.29, 1.82) is 0 Å². The van der Waals surface area contributed by atoms with Crippen molar-refractivity contribution in [3.63, 3.8) is 0 Å². The molecule has 17 heavy (non-hydrogen) atoms. The summed E-state index contributed by atoms with van der Waals surface area (Å²) in [6.45, 7) is 1.96. The van der Waals surface area contributed by atoms with Crippen LogP contribution in [-0.2, 0) is 11.2 Å². The summed E-state index contributed by atoms with van der Waals surface area (Å²) in [5.41, 5.74) is 1.81. The number of tetrazole rings is 1. The maximum absolute atomic E-state index is 11.6. The van der Waals surface area contributed by atoms with Crippen molar-refractivity contribution in [1.82, 2.24) is 20.6 Å². The number of H-pyrrole nitrogens is 1. The molecular formula is C10H10BrN5O. The first-order chi connectivity index (χ1) is 8.15. The summed E-state index contributed by atoms with van der Waals surface area (Å²) in [6.07, 6.45) is 0.103. The number of nitrogens with one attached hydrogen (secondary N) is 2. The van der Waals surface area contributed by atoms with Crippen molar-refractivity contribution < 1.29 is 4.79 Å². The monoisotopic (exact) mass is 295 g/mol. The number of benzene rings is 1. The van der Waals surface area contributed by atoms with Crippen molar-refractivity contribution in [3.05, 3.63) is 34.1 Å². The van der Waals surface area contributed by atoms with Gasteiger partial charge in [-0.1, -0.05) is 21.1 Å². The summed E-state index contributed by atoms with van der Waals surface area (Å²) in [4.78, 5) is 11.6. The van der Waals surface area contributed by atoms with Crippen LogP contribution >= 0.6 is 15.9 Å². The van der Waals surface area contributed by atoms with Crippen molar-refractivity contribution >= 4 is 27.5 Å². The summed E-state index contributed by atoms with van der Waals surface area (Å²) in [7, 11) is 0. The van der Waals surface area contributed by atoms with Crippen LogP contribution in [-0.4, -0.2) is 26.5 Å². The molecule has 2 aromatic rings. The molecule has 1 aromatic heterocycles. The number of anilines is 1. The van der Waals surface area contributed by atoms with Crippen molar-refractivity contribution in [2.75, 3.05) is 5.32 Å². The first kappa shape index (κ1) is 11.7. The topological polar surface area (TPSA) is 83.6 Å². The van der Waals surface area contributed by atoms with Gasteiger partial charge < -0.3 is 5.32 Å². The van der Waals surface area contributed by atoms with Crippen LogP contribution in [0.5, 0.6) is 0 Å². The first-order valence-electron chi connectivity index (χ1n) is 4.93. The highest BCUT2D eigenvalue weighted by molar-refractivity contribution is 9.10. The smallest absolute Gasteiger partial charge is 0.232 e. The summed E-state index contributed by atoms with van der Waals surface area (Å²) < 4.78 is 1.01. The van der Waals surface area contributed by atoms with Gasteiger partial charge in [-0.3, -0.25) is 4.79 Å². The third-order valence-electron chi connectivity index (χ3n) is 2.15. The highest BCUT2D eigenvalue weighted by atomic mass is 79.9. The molecule has 2 N–H and O–H groups in total. The fourth-order valence-electron chi connectivity index (χ4n) is 1.33. The fraction of sp³-hybridized carbons (Fsp3) is 0.200. The molecule has 0 saturated heterocycles. The lowest BCUT2D eigenvalue weighted by Gasteiger charge is -2.05. The van der Waals surface area contributed by atoms with E-state index >= 15 is 0 Å². The molecular weight excluding hydrogens is 286 g/mol. The van der Waals surface area contributed by atoms with Gasteiger partial charge in [-0.05, 0) is 30.7 Å². The summed E-state index contributed by atoms with van der Waals surface area (Å²) in [5.74, 6) is 0.199. The zero-order chi connectivity index (χ0) is 12.3. The Morgan fingerprint density at radius 2 is 2.35 bits per heavy atom. The number of carbonyl (C=O) groups is 1. The van der Waals surface area contributed by atoms with Gasteiger partial charge in [0.05, 0.1) is 6.42 Å². The second-order valence-electron chi connectivity index (χ2n) is 3.52. The number of nitrogens with zero attached hydrogens (tertiary/aromatic N) is 3. The molecule has 0 saturated carbocycles. The molecule has 0 atom stereocenters. The van der Waals surface area contributed by atoms with Crippen LogP contribution in [0, 0.1) is 6.92 Å². The van der Waals surface area contributed by atoms with E-state index in [4.69, 9.17) is 0 Å². The Bertz CT molecular complexity index is 525. The fourth-order valence-corrected chi connectivity index (χ4v) is 1.58. The van der Waals surface area contributed by atoms with Crippen LogP contribution in [0.4, 0.5) is 5.69 Å². The minimum Gasteiger partial charge on any atom is -0.326 e. The van der Waals surface area contributed by atoms with Crippen molar-refractivity contribution in [3.8, 4) is 0 Å². The van der Waals surface area contributed by atoms with Crippen LogP contribution in [0.3, 0.4) is 0 Å². The first-order valence-corrected chi connectivity index (χ1v) is 5.73. The van der Waals surface area contributed by atoms with Crippen LogP contribution < -0.4 is 5.32 Å².